The number of ether oxygens (including phenoxy) is 2. The third-order valence-corrected chi connectivity index (χ3v) is 3.47. The molecule has 0 spiro atoms. The number of hydrazone groups is 1. The summed E-state index contributed by atoms with van der Waals surface area (Å²) in [6.07, 6.45) is 9.89. The third kappa shape index (κ3) is 2.35. The topological polar surface area (TPSA) is 67.2 Å². The van der Waals surface area contributed by atoms with Gasteiger partial charge in [-0.3, -0.25) is 0 Å². The van der Waals surface area contributed by atoms with Gasteiger partial charge in [0.25, 0.3) is 0 Å². The average Bonchev–Trinajstić information content (AvgIpc) is 3.12. The molecule has 2 unspecified atom stereocenters. The maximum Gasteiger partial charge on any atom is 0.231 e. The molecule has 6 heteroatoms. The fourth-order valence-corrected chi connectivity index (χ4v) is 2.42. The van der Waals surface area contributed by atoms with E-state index < -0.39 is 0 Å². The molecule has 2 N–H and O–H groups in total. The van der Waals surface area contributed by atoms with Crippen molar-refractivity contribution in [2.24, 2.45) is 10.1 Å². The minimum atomic E-state index is 0.151. The number of nitrogens with one attached hydrogen (secondary N) is 2. The second kappa shape index (κ2) is 4.97. The largest absolute Gasteiger partial charge is 0.454 e. The molecule has 1 aromatic rings. The van der Waals surface area contributed by atoms with Crippen LogP contribution in [0.15, 0.2) is 52.6 Å². The number of aliphatic imine (C=N–C) groups is 1. The summed E-state index contributed by atoms with van der Waals surface area (Å²) < 4.78 is 10.6. The van der Waals surface area contributed by atoms with Crippen LogP contribution in [0.2, 0.25) is 0 Å². The fraction of sp³-hybridized carbons (Fsp3) is 0.200. The normalized spacial score (nSPS) is 24.9. The molecule has 0 bridgehead atoms. The molecule has 0 fully saturated rings. The number of nitrogens with zero attached hydrogens (tertiary/aromatic N) is 2. The SMILES string of the molecule is C1=CC2N=C(N/N=C\c3ccc4c(c3)OCO4)NC2C=C1. The lowest BCUT2D eigenvalue weighted by Crippen LogP contribution is -2.37. The lowest BCUT2D eigenvalue weighted by molar-refractivity contribution is 0.174. The highest BCUT2D eigenvalue weighted by Gasteiger charge is 2.25. The molecule has 2 heterocycles. The van der Waals surface area contributed by atoms with Gasteiger partial charge in [-0.05, 0) is 23.8 Å². The maximum atomic E-state index is 5.33. The second-order valence-electron chi connectivity index (χ2n) is 4.89. The van der Waals surface area contributed by atoms with Gasteiger partial charge in [-0.25, -0.2) is 10.4 Å². The number of allylic oxidation sites excluding steroid dienone is 2. The highest BCUT2D eigenvalue weighted by molar-refractivity contribution is 5.86. The van der Waals surface area contributed by atoms with Crippen molar-refractivity contribution in [1.82, 2.24) is 10.7 Å². The van der Waals surface area contributed by atoms with E-state index in [0.717, 1.165) is 17.1 Å². The molecule has 2 aliphatic heterocycles. The smallest absolute Gasteiger partial charge is 0.231 e. The monoisotopic (exact) mass is 282 g/mol. The van der Waals surface area contributed by atoms with Gasteiger partial charge in [-0.15, -0.1) is 0 Å². The molecule has 0 amide bonds. The van der Waals surface area contributed by atoms with Gasteiger partial charge in [-0.2, -0.15) is 5.10 Å². The zero-order valence-electron chi connectivity index (χ0n) is 11.2. The van der Waals surface area contributed by atoms with Crippen LogP contribution in [0.1, 0.15) is 5.56 Å². The molecular weight excluding hydrogens is 268 g/mol. The first-order valence-electron chi connectivity index (χ1n) is 6.76. The van der Waals surface area contributed by atoms with Gasteiger partial charge in [0.05, 0.1) is 18.3 Å². The lowest BCUT2D eigenvalue weighted by atomic mass is 10.1. The molecule has 2 atom stereocenters. The standard InChI is InChI=1S/C15H14N4O2/c1-2-4-12-11(3-1)17-15(18-12)19-16-8-10-5-6-13-14(7-10)21-9-20-13/h1-8,11-12H,9H2,(H2,17,18,19)/b16-8-. The van der Waals surface area contributed by atoms with E-state index in [1.165, 1.54) is 0 Å². The lowest BCUT2D eigenvalue weighted by Gasteiger charge is -2.13. The van der Waals surface area contributed by atoms with E-state index in [0.29, 0.717) is 5.96 Å². The van der Waals surface area contributed by atoms with Crippen molar-refractivity contribution in [3.05, 3.63) is 48.1 Å². The van der Waals surface area contributed by atoms with Crippen molar-refractivity contribution < 1.29 is 9.47 Å². The quantitative estimate of drug-likeness (QED) is 0.631. The van der Waals surface area contributed by atoms with Gasteiger partial charge < -0.3 is 14.8 Å². The molecule has 0 aromatic heterocycles. The predicted octanol–water partition coefficient (Wildman–Crippen LogP) is 1.16. The first-order valence-corrected chi connectivity index (χ1v) is 6.76. The Hall–Kier alpha value is -2.76. The van der Waals surface area contributed by atoms with Crippen LogP contribution in [0.25, 0.3) is 0 Å². The molecule has 1 aliphatic carbocycles. The van der Waals surface area contributed by atoms with Crippen molar-refractivity contribution in [2.75, 3.05) is 6.79 Å². The number of fused-ring (bicyclic) bond motifs is 2. The summed E-state index contributed by atoms with van der Waals surface area (Å²) in [6, 6.07) is 6.06. The number of rotatable bonds is 2. The van der Waals surface area contributed by atoms with E-state index >= 15 is 0 Å². The van der Waals surface area contributed by atoms with Crippen molar-refractivity contribution in [1.29, 1.82) is 0 Å². The summed E-state index contributed by atoms with van der Waals surface area (Å²) in [6.45, 7) is 0.277. The van der Waals surface area contributed by atoms with Crippen molar-refractivity contribution in [3.63, 3.8) is 0 Å². The van der Waals surface area contributed by atoms with E-state index in [1.807, 2.05) is 30.4 Å². The van der Waals surface area contributed by atoms with Crippen LogP contribution in [0, 0.1) is 0 Å². The molecule has 4 rings (SSSR count). The van der Waals surface area contributed by atoms with E-state index in [1.54, 1.807) is 6.21 Å². The Bertz CT molecular complexity index is 678. The Balaban J connectivity index is 1.41. The highest BCUT2D eigenvalue weighted by Crippen LogP contribution is 2.31. The number of hydrogen-bond acceptors (Lipinski definition) is 6. The average molecular weight is 282 g/mol. The van der Waals surface area contributed by atoms with E-state index in [4.69, 9.17) is 9.47 Å². The van der Waals surface area contributed by atoms with E-state index in [2.05, 4.69) is 33.0 Å². The molecule has 0 saturated carbocycles. The number of benzene rings is 1. The molecule has 3 aliphatic rings. The molecule has 21 heavy (non-hydrogen) atoms. The zero-order valence-corrected chi connectivity index (χ0v) is 11.2. The summed E-state index contributed by atoms with van der Waals surface area (Å²) in [5.74, 6) is 2.19. The minimum Gasteiger partial charge on any atom is -0.454 e. The van der Waals surface area contributed by atoms with E-state index in [-0.39, 0.29) is 18.9 Å². The maximum absolute atomic E-state index is 5.33. The fourth-order valence-electron chi connectivity index (χ4n) is 2.42. The van der Waals surface area contributed by atoms with Gasteiger partial charge >= 0.3 is 0 Å². The van der Waals surface area contributed by atoms with Gasteiger partial charge in [0, 0.05) is 0 Å². The molecule has 0 saturated heterocycles. The van der Waals surface area contributed by atoms with Gasteiger partial charge in [0.2, 0.25) is 12.8 Å². The summed E-state index contributed by atoms with van der Waals surface area (Å²) in [5, 5.41) is 7.46. The van der Waals surface area contributed by atoms with Crippen LogP contribution in [-0.4, -0.2) is 31.1 Å². The van der Waals surface area contributed by atoms with Gasteiger partial charge in [-0.1, -0.05) is 24.3 Å². The Morgan fingerprint density at radius 2 is 2.14 bits per heavy atom. The van der Waals surface area contributed by atoms with Crippen molar-refractivity contribution in [3.8, 4) is 11.5 Å². The summed E-state index contributed by atoms with van der Waals surface area (Å²) >= 11 is 0. The van der Waals surface area contributed by atoms with Crippen LogP contribution in [0.5, 0.6) is 11.5 Å². The van der Waals surface area contributed by atoms with Crippen LogP contribution >= 0.6 is 0 Å². The second-order valence-corrected chi connectivity index (χ2v) is 4.89. The molecule has 6 nitrogen and oxygen atoms in total. The van der Waals surface area contributed by atoms with Gasteiger partial charge in [0.15, 0.2) is 11.5 Å². The van der Waals surface area contributed by atoms with E-state index in [9.17, 15) is 0 Å². The van der Waals surface area contributed by atoms with Crippen LogP contribution in [-0.2, 0) is 0 Å². The third-order valence-electron chi connectivity index (χ3n) is 3.47. The molecule has 1 aromatic carbocycles. The Morgan fingerprint density at radius 1 is 1.24 bits per heavy atom. The summed E-state index contributed by atoms with van der Waals surface area (Å²) in [5.41, 5.74) is 3.86. The van der Waals surface area contributed by atoms with Crippen molar-refractivity contribution in [2.45, 2.75) is 12.1 Å². The molecule has 106 valence electrons. The first kappa shape index (κ1) is 12.0. The number of hydrogen-bond donors (Lipinski definition) is 2. The van der Waals surface area contributed by atoms with Crippen molar-refractivity contribution >= 4 is 12.2 Å². The first-order chi connectivity index (χ1) is 10.4. The predicted molar refractivity (Wildman–Crippen MR) is 79.7 cm³/mol. The summed E-state index contributed by atoms with van der Waals surface area (Å²) in [7, 11) is 0. The Labute approximate surface area is 121 Å². The Kier molecular flexibility index (Phi) is 2.85. The summed E-state index contributed by atoms with van der Waals surface area (Å²) in [4.78, 5) is 4.50. The highest BCUT2D eigenvalue weighted by atomic mass is 16.7. The van der Waals surface area contributed by atoms with Gasteiger partial charge in [0.1, 0.15) is 0 Å². The Morgan fingerprint density at radius 3 is 3.10 bits per heavy atom. The number of guanidine groups is 1. The van der Waals surface area contributed by atoms with Crippen LogP contribution < -0.4 is 20.2 Å². The minimum absolute atomic E-state index is 0.151. The van der Waals surface area contributed by atoms with Crippen LogP contribution in [0.4, 0.5) is 0 Å². The molecule has 0 radical (unpaired) electrons. The molecular formula is C15H14N4O2. The zero-order chi connectivity index (χ0) is 14.1. The van der Waals surface area contributed by atoms with Crippen LogP contribution in [0.3, 0.4) is 0 Å².